The first kappa shape index (κ1) is 14.8. The van der Waals surface area contributed by atoms with Crippen molar-refractivity contribution in [2.75, 3.05) is 13.2 Å². The first-order chi connectivity index (χ1) is 9.08. The fourth-order valence-electron chi connectivity index (χ4n) is 3.27. The minimum Gasteiger partial charge on any atom is -0.481 e. The quantitative estimate of drug-likeness (QED) is 0.656. The van der Waals surface area contributed by atoms with Crippen LogP contribution in [0.5, 0.6) is 0 Å². The van der Waals surface area contributed by atoms with Gasteiger partial charge in [-0.3, -0.25) is 4.79 Å². The molecule has 2 rings (SSSR count). The lowest BCUT2D eigenvalue weighted by Gasteiger charge is -2.32. The molecule has 19 heavy (non-hydrogen) atoms. The van der Waals surface area contributed by atoms with Gasteiger partial charge in [-0.25, -0.2) is 0 Å². The molecule has 0 saturated carbocycles. The van der Waals surface area contributed by atoms with Crippen LogP contribution in [0.3, 0.4) is 0 Å². The van der Waals surface area contributed by atoms with E-state index in [1.165, 1.54) is 0 Å². The lowest BCUT2D eigenvalue weighted by atomic mass is 9.70. The van der Waals surface area contributed by atoms with Crippen molar-refractivity contribution >= 4 is 5.97 Å². The summed E-state index contributed by atoms with van der Waals surface area (Å²) in [7, 11) is 0. The number of aliphatic hydroxyl groups excluding tert-OH is 1. The number of aliphatic carboxylic acids is 1. The third kappa shape index (κ3) is 3.09. The minimum atomic E-state index is -0.906. The smallest absolute Gasteiger partial charge is 0.312 e. The van der Waals surface area contributed by atoms with Gasteiger partial charge in [0.05, 0.1) is 30.3 Å². The highest BCUT2D eigenvalue weighted by Gasteiger charge is 2.57. The van der Waals surface area contributed by atoms with E-state index < -0.39 is 17.5 Å². The first-order valence-electron chi connectivity index (χ1n) is 7.23. The van der Waals surface area contributed by atoms with Crippen LogP contribution in [-0.4, -0.2) is 47.7 Å². The Kier molecular flexibility index (Phi) is 4.81. The zero-order valence-electron chi connectivity index (χ0n) is 11.5. The van der Waals surface area contributed by atoms with Crippen LogP contribution in [0.2, 0.25) is 0 Å². The maximum absolute atomic E-state index is 11.6. The second kappa shape index (κ2) is 6.20. The molecule has 0 aromatic rings. The Morgan fingerprint density at radius 3 is 2.84 bits per heavy atom. The predicted octanol–water partition coefficient (Wildman–Crippen LogP) is 1.58. The van der Waals surface area contributed by atoms with Gasteiger partial charge in [0.2, 0.25) is 0 Å². The van der Waals surface area contributed by atoms with Crippen LogP contribution in [0.15, 0.2) is 0 Å². The summed E-state index contributed by atoms with van der Waals surface area (Å²) in [6, 6.07) is 0. The Hall–Kier alpha value is -0.650. The summed E-state index contributed by atoms with van der Waals surface area (Å²) in [5.74, 6) is -0.840. The van der Waals surface area contributed by atoms with Gasteiger partial charge in [0, 0.05) is 6.61 Å². The number of ether oxygens (including phenoxy) is 2. The van der Waals surface area contributed by atoms with E-state index in [0.717, 1.165) is 25.7 Å². The molecule has 5 nitrogen and oxygen atoms in total. The molecule has 0 amide bonds. The largest absolute Gasteiger partial charge is 0.481 e. The highest BCUT2D eigenvalue weighted by atomic mass is 16.5. The zero-order valence-corrected chi connectivity index (χ0v) is 11.5. The topological polar surface area (TPSA) is 76.0 Å². The predicted molar refractivity (Wildman–Crippen MR) is 68.9 cm³/mol. The highest BCUT2D eigenvalue weighted by Crippen LogP contribution is 2.50. The summed E-state index contributed by atoms with van der Waals surface area (Å²) in [6.45, 7) is 2.91. The fourth-order valence-corrected chi connectivity index (χ4v) is 3.27. The molecule has 2 bridgehead atoms. The number of hydrogen-bond acceptors (Lipinski definition) is 4. The SMILES string of the molecule is CCCCOCC(O)CC1(C(=O)O)CC2CCC1O2. The van der Waals surface area contributed by atoms with Crippen molar-refractivity contribution < 1.29 is 24.5 Å². The van der Waals surface area contributed by atoms with Crippen molar-refractivity contribution in [1.29, 1.82) is 0 Å². The van der Waals surface area contributed by atoms with E-state index in [2.05, 4.69) is 6.92 Å². The van der Waals surface area contributed by atoms with Crippen LogP contribution in [0.4, 0.5) is 0 Å². The second-order valence-electron chi connectivity index (χ2n) is 5.78. The monoisotopic (exact) mass is 272 g/mol. The minimum absolute atomic E-state index is 0.0642. The number of rotatable bonds is 8. The van der Waals surface area contributed by atoms with Gasteiger partial charge < -0.3 is 19.7 Å². The molecule has 2 N–H and O–H groups in total. The Labute approximate surface area is 113 Å². The highest BCUT2D eigenvalue weighted by molar-refractivity contribution is 5.76. The normalized spacial score (nSPS) is 34.6. The van der Waals surface area contributed by atoms with Crippen molar-refractivity contribution in [2.45, 2.75) is 63.8 Å². The number of aliphatic hydroxyl groups is 1. The van der Waals surface area contributed by atoms with Crippen molar-refractivity contribution in [2.24, 2.45) is 5.41 Å². The molecule has 2 saturated heterocycles. The van der Waals surface area contributed by atoms with Crippen molar-refractivity contribution in [1.82, 2.24) is 0 Å². The molecule has 110 valence electrons. The van der Waals surface area contributed by atoms with Crippen LogP contribution >= 0.6 is 0 Å². The molecular weight excluding hydrogens is 248 g/mol. The molecule has 2 aliphatic rings. The number of unbranched alkanes of at least 4 members (excludes halogenated alkanes) is 1. The second-order valence-corrected chi connectivity index (χ2v) is 5.78. The Morgan fingerprint density at radius 1 is 1.53 bits per heavy atom. The van der Waals surface area contributed by atoms with Crippen molar-refractivity contribution in [3.63, 3.8) is 0 Å². The average Bonchev–Trinajstić information content (AvgIpc) is 2.95. The third-order valence-corrected chi connectivity index (χ3v) is 4.29. The summed E-state index contributed by atoms with van der Waals surface area (Å²) in [6.07, 6.45) is 3.61. The first-order valence-corrected chi connectivity index (χ1v) is 7.23. The summed E-state index contributed by atoms with van der Waals surface area (Å²) in [5, 5.41) is 19.5. The van der Waals surface area contributed by atoms with Crippen molar-refractivity contribution in [3.8, 4) is 0 Å². The molecule has 0 aromatic carbocycles. The van der Waals surface area contributed by atoms with Gasteiger partial charge in [-0.15, -0.1) is 0 Å². The van der Waals surface area contributed by atoms with Crippen LogP contribution in [0.1, 0.15) is 45.4 Å². The number of carbonyl (C=O) groups is 1. The van der Waals surface area contributed by atoms with Gasteiger partial charge in [-0.05, 0) is 32.1 Å². The molecule has 4 unspecified atom stereocenters. The van der Waals surface area contributed by atoms with Gasteiger partial charge in [0.1, 0.15) is 0 Å². The molecule has 2 fully saturated rings. The van der Waals surface area contributed by atoms with E-state index >= 15 is 0 Å². The number of fused-ring (bicyclic) bond motifs is 2. The number of carboxylic acid groups (broad SMARTS) is 1. The summed E-state index contributed by atoms with van der Waals surface area (Å²) < 4.78 is 11.0. The van der Waals surface area contributed by atoms with Crippen LogP contribution in [0.25, 0.3) is 0 Å². The van der Waals surface area contributed by atoms with Gasteiger partial charge in [0.25, 0.3) is 0 Å². The molecule has 5 heteroatoms. The van der Waals surface area contributed by atoms with Gasteiger partial charge >= 0.3 is 5.97 Å². The number of carboxylic acids is 1. The van der Waals surface area contributed by atoms with Gasteiger partial charge in [0.15, 0.2) is 0 Å². The lowest BCUT2D eigenvalue weighted by molar-refractivity contribution is -0.155. The maximum Gasteiger partial charge on any atom is 0.312 e. The fraction of sp³-hybridized carbons (Fsp3) is 0.929. The maximum atomic E-state index is 11.6. The van der Waals surface area contributed by atoms with E-state index in [9.17, 15) is 15.0 Å². The van der Waals surface area contributed by atoms with E-state index in [1.807, 2.05) is 0 Å². The lowest BCUT2D eigenvalue weighted by Crippen LogP contribution is -2.43. The Morgan fingerprint density at radius 2 is 2.32 bits per heavy atom. The van der Waals surface area contributed by atoms with Crippen LogP contribution < -0.4 is 0 Å². The van der Waals surface area contributed by atoms with Gasteiger partial charge in [-0.2, -0.15) is 0 Å². The molecule has 0 aromatic heterocycles. The van der Waals surface area contributed by atoms with E-state index in [1.54, 1.807) is 0 Å². The molecule has 0 aliphatic carbocycles. The zero-order chi connectivity index (χ0) is 13.9. The Bertz CT molecular complexity index is 319. The van der Waals surface area contributed by atoms with E-state index in [0.29, 0.717) is 13.0 Å². The summed E-state index contributed by atoms with van der Waals surface area (Å²) >= 11 is 0. The van der Waals surface area contributed by atoms with E-state index in [4.69, 9.17) is 9.47 Å². The molecule has 2 heterocycles. The average molecular weight is 272 g/mol. The Balaban J connectivity index is 1.86. The molecule has 0 radical (unpaired) electrons. The van der Waals surface area contributed by atoms with Crippen LogP contribution in [0, 0.1) is 5.41 Å². The molecule has 2 aliphatic heterocycles. The van der Waals surface area contributed by atoms with E-state index in [-0.39, 0.29) is 25.2 Å². The molecule has 0 spiro atoms. The summed E-state index contributed by atoms with van der Waals surface area (Å²) in [5.41, 5.74) is -0.906. The summed E-state index contributed by atoms with van der Waals surface area (Å²) in [4.78, 5) is 11.6. The van der Waals surface area contributed by atoms with Crippen molar-refractivity contribution in [3.05, 3.63) is 0 Å². The molecular formula is C14H24O5. The van der Waals surface area contributed by atoms with Crippen LogP contribution in [-0.2, 0) is 14.3 Å². The molecule has 4 atom stereocenters. The standard InChI is InChI=1S/C14H24O5/c1-2-3-6-18-9-10(15)7-14(13(16)17)8-11-4-5-12(14)19-11/h10-12,15H,2-9H2,1H3,(H,16,17). The third-order valence-electron chi connectivity index (χ3n) is 4.29. The van der Waals surface area contributed by atoms with Gasteiger partial charge in [-0.1, -0.05) is 13.3 Å². The number of hydrogen-bond donors (Lipinski definition) is 2.